The quantitative estimate of drug-likeness (QED) is 0.902. The summed E-state index contributed by atoms with van der Waals surface area (Å²) >= 11 is 1.67. The number of benzene rings is 1. The van der Waals surface area contributed by atoms with Crippen molar-refractivity contribution in [3.05, 3.63) is 52.2 Å². The molecule has 19 heavy (non-hydrogen) atoms. The number of para-hydroxylation sites is 1. The molecule has 0 fully saturated rings. The third-order valence-corrected chi connectivity index (χ3v) is 4.47. The Balaban J connectivity index is 1.64. The van der Waals surface area contributed by atoms with Gasteiger partial charge < -0.3 is 10.6 Å². The fourth-order valence-electron chi connectivity index (χ4n) is 2.38. The van der Waals surface area contributed by atoms with Crippen LogP contribution in [0.1, 0.15) is 23.4 Å². The fourth-order valence-corrected chi connectivity index (χ4v) is 3.11. The summed E-state index contributed by atoms with van der Waals surface area (Å²) in [5, 5.41) is 8.37. The summed E-state index contributed by atoms with van der Waals surface area (Å²) in [6, 6.07) is 12.1. The van der Waals surface area contributed by atoms with Crippen LogP contribution in [-0.4, -0.2) is 11.9 Å². The van der Waals surface area contributed by atoms with E-state index in [1.165, 1.54) is 10.4 Å². The van der Waals surface area contributed by atoms with Crippen LogP contribution in [0.2, 0.25) is 0 Å². The van der Waals surface area contributed by atoms with Crippen LogP contribution in [0.15, 0.2) is 41.8 Å². The Kier molecular flexibility index (Phi) is 3.25. The second-order valence-electron chi connectivity index (χ2n) is 4.80. The van der Waals surface area contributed by atoms with Crippen molar-refractivity contribution in [3.8, 4) is 0 Å². The van der Waals surface area contributed by atoms with Crippen molar-refractivity contribution in [2.75, 3.05) is 5.32 Å². The van der Waals surface area contributed by atoms with Crippen molar-refractivity contribution in [3.63, 3.8) is 0 Å². The average molecular weight is 272 g/mol. The van der Waals surface area contributed by atoms with Crippen LogP contribution < -0.4 is 10.6 Å². The molecule has 1 aliphatic rings. The molecule has 0 saturated heterocycles. The lowest BCUT2D eigenvalue weighted by molar-refractivity contribution is -0.122. The average Bonchev–Trinajstić information content (AvgIpc) is 3.07. The van der Waals surface area contributed by atoms with Gasteiger partial charge in [0.1, 0.15) is 6.04 Å². The highest BCUT2D eigenvalue weighted by atomic mass is 32.1. The normalized spacial score (nSPS) is 18.5. The van der Waals surface area contributed by atoms with E-state index >= 15 is 0 Å². The molecule has 2 N–H and O–H groups in total. The summed E-state index contributed by atoms with van der Waals surface area (Å²) in [5.41, 5.74) is 2.29. The van der Waals surface area contributed by atoms with E-state index in [4.69, 9.17) is 0 Å². The number of carbonyl (C=O) groups is 1. The summed E-state index contributed by atoms with van der Waals surface area (Å²) in [6.07, 6.45) is 0.763. The van der Waals surface area contributed by atoms with Gasteiger partial charge in [-0.05, 0) is 30.0 Å². The maximum Gasteiger partial charge on any atom is 0.243 e. The molecule has 2 atom stereocenters. The molecule has 98 valence electrons. The fraction of sp³-hybridized carbons (Fsp3) is 0.267. The van der Waals surface area contributed by atoms with Crippen molar-refractivity contribution in [2.24, 2.45) is 0 Å². The molecule has 1 aromatic carbocycles. The standard InChI is InChI=1S/C15H16N2OS/c1-10(14-7-4-8-19-14)16-15(18)13-9-11-5-2-3-6-12(11)17-13/h2-8,10,13,17H,9H2,1H3,(H,16,18)/t10-,13?/m0/s1. The molecule has 0 aliphatic carbocycles. The van der Waals surface area contributed by atoms with Crippen molar-refractivity contribution in [1.82, 2.24) is 5.32 Å². The monoisotopic (exact) mass is 272 g/mol. The van der Waals surface area contributed by atoms with E-state index in [-0.39, 0.29) is 18.0 Å². The van der Waals surface area contributed by atoms with Crippen molar-refractivity contribution in [2.45, 2.75) is 25.4 Å². The van der Waals surface area contributed by atoms with Gasteiger partial charge in [0.2, 0.25) is 5.91 Å². The molecular formula is C15H16N2OS. The van der Waals surface area contributed by atoms with Gasteiger partial charge in [0.05, 0.1) is 6.04 Å². The summed E-state index contributed by atoms with van der Waals surface area (Å²) in [6.45, 7) is 2.02. The van der Waals surface area contributed by atoms with Crippen molar-refractivity contribution < 1.29 is 4.79 Å². The molecule has 3 rings (SSSR count). The molecule has 0 spiro atoms. The minimum Gasteiger partial charge on any atom is -0.373 e. The van der Waals surface area contributed by atoms with Crippen LogP contribution >= 0.6 is 11.3 Å². The van der Waals surface area contributed by atoms with Gasteiger partial charge in [0, 0.05) is 17.0 Å². The minimum atomic E-state index is -0.153. The molecule has 1 unspecified atom stereocenters. The number of amides is 1. The van der Waals surface area contributed by atoms with Gasteiger partial charge >= 0.3 is 0 Å². The Bertz CT molecular complexity index is 555. The molecule has 2 aromatic rings. The number of carbonyl (C=O) groups excluding carboxylic acids is 1. The zero-order valence-electron chi connectivity index (χ0n) is 10.7. The van der Waals surface area contributed by atoms with Crippen LogP contribution in [0.5, 0.6) is 0 Å². The van der Waals surface area contributed by atoms with E-state index in [9.17, 15) is 4.79 Å². The number of nitrogens with one attached hydrogen (secondary N) is 2. The molecule has 1 aliphatic heterocycles. The Labute approximate surface area is 116 Å². The third kappa shape index (κ3) is 2.49. The van der Waals surface area contributed by atoms with Crippen LogP contribution in [0.3, 0.4) is 0 Å². The van der Waals surface area contributed by atoms with E-state index in [2.05, 4.69) is 16.7 Å². The maximum atomic E-state index is 12.3. The molecule has 1 aromatic heterocycles. The van der Waals surface area contributed by atoms with E-state index in [1.807, 2.05) is 42.6 Å². The first-order valence-corrected chi connectivity index (χ1v) is 7.30. The highest BCUT2D eigenvalue weighted by Crippen LogP contribution is 2.26. The summed E-state index contributed by atoms with van der Waals surface area (Å²) in [7, 11) is 0. The van der Waals surface area contributed by atoms with Crippen LogP contribution in [0.25, 0.3) is 0 Å². The molecule has 4 heteroatoms. The van der Waals surface area contributed by atoms with E-state index in [0.717, 1.165) is 12.1 Å². The predicted molar refractivity (Wildman–Crippen MR) is 78.4 cm³/mol. The number of hydrogen-bond donors (Lipinski definition) is 2. The largest absolute Gasteiger partial charge is 0.373 e. The maximum absolute atomic E-state index is 12.3. The number of thiophene rings is 1. The lowest BCUT2D eigenvalue weighted by Crippen LogP contribution is -2.39. The molecule has 2 heterocycles. The van der Waals surface area contributed by atoms with E-state index in [0.29, 0.717) is 0 Å². The van der Waals surface area contributed by atoms with Gasteiger partial charge in [-0.15, -0.1) is 11.3 Å². The number of hydrogen-bond acceptors (Lipinski definition) is 3. The molecule has 0 saturated carbocycles. The zero-order chi connectivity index (χ0) is 13.2. The van der Waals surface area contributed by atoms with Gasteiger partial charge in [0.25, 0.3) is 0 Å². The SMILES string of the molecule is C[C@H](NC(=O)C1Cc2ccccc2N1)c1cccs1. The molecule has 1 amide bonds. The minimum absolute atomic E-state index is 0.0668. The molecular weight excluding hydrogens is 256 g/mol. The van der Waals surface area contributed by atoms with Crippen LogP contribution in [-0.2, 0) is 11.2 Å². The predicted octanol–water partition coefficient (Wildman–Crippen LogP) is 2.96. The Hall–Kier alpha value is -1.81. The Morgan fingerprint density at radius 2 is 2.21 bits per heavy atom. The summed E-state index contributed by atoms with van der Waals surface area (Å²) in [4.78, 5) is 13.4. The summed E-state index contributed by atoms with van der Waals surface area (Å²) < 4.78 is 0. The second kappa shape index (κ2) is 5.05. The molecule has 0 bridgehead atoms. The highest BCUT2D eigenvalue weighted by molar-refractivity contribution is 7.10. The Morgan fingerprint density at radius 3 is 2.95 bits per heavy atom. The first kappa shape index (κ1) is 12.2. The van der Waals surface area contributed by atoms with Gasteiger partial charge in [-0.2, -0.15) is 0 Å². The van der Waals surface area contributed by atoms with Crippen molar-refractivity contribution >= 4 is 22.9 Å². The van der Waals surface area contributed by atoms with Gasteiger partial charge in [-0.3, -0.25) is 4.79 Å². The summed E-state index contributed by atoms with van der Waals surface area (Å²) in [5.74, 6) is 0.0668. The van der Waals surface area contributed by atoms with Crippen LogP contribution in [0, 0.1) is 0 Å². The zero-order valence-corrected chi connectivity index (χ0v) is 11.5. The first-order chi connectivity index (χ1) is 9.24. The number of rotatable bonds is 3. The number of anilines is 1. The number of fused-ring (bicyclic) bond motifs is 1. The molecule has 0 radical (unpaired) electrons. The highest BCUT2D eigenvalue weighted by Gasteiger charge is 2.27. The third-order valence-electron chi connectivity index (χ3n) is 3.42. The Morgan fingerprint density at radius 1 is 1.37 bits per heavy atom. The first-order valence-electron chi connectivity index (χ1n) is 6.42. The van der Waals surface area contributed by atoms with Gasteiger partial charge in [0.15, 0.2) is 0 Å². The van der Waals surface area contributed by atoms with Crippen LogP contribution in [0.4, 0.5) is 5.69 Å². The van der Waals surface area contributed by atoms with Gasteiger partial charge in [-0.25, -0.2) is 0 Å². The van der Waals surface area contributed by atoms with E-state index < -0.39 is 0 Å². The smallest absolute Gasteiger partial charge is 0.243 e. The second-order valence-corrected chi connectivity index (χ2v) is 5.78. The van der Waals surface area contributed by atoms with Gasteiger partial charge in [-0.1, -0.05) is 24.3 Å². The molecule has 3 nitrogen and oxygen atoms in total. The lowest BCUT2D eigenvalue weighted by atomic mass is 10.1. The van der Waals surface area contributed by atoms with Crippen molar-refractivity contribution in [1.29, 1.82) is 0 Å². The topological polar surface area (TPSA) is 41.1 Å². The lowest BCUT2D eigenvalue weighted by Gasteiger charge is -2.16. The van der Waals surface area contributed by atoms with E-state index in [1.54, 1.807) is 11.3 Å².